The minimum absolute atomic E-state index is 0.161. The van der Waals surface area contributed by atoms with Crippen LogP contribution in [0.4, 0.5) is 10.1 Å². The van der Waals surface area contributed by atoms with Gasteiger partial charge in [-0.05, 0) is 36.4 Å². The van der Waals surface area contributed by atoms with Crippen LogP contribution in [0, 0.1) is 5.82 Å². The van der Waals surface area contributed by atoms with Crippen molar-refractivity contribution in [3.63, 3.8) is 0 Å². The topological polar surface area (TPSA) is 96.7 Å². The monoisotopic (exact) mass is 359 g/mol. The molecule has 0 saturated carbocycles. The lowest BCUT2D eigenvalue weighted by molar-refractivity contribution is 0.0950. The van der Waals surface area contributed by atoms with Crippen LogP contribution >= 0.6 is 11.6 Å². The quantitative estimate of drug-likeness (QED) is 0.610. The van der Waals surface area contributed by atoms with Crippen molar-refractivity contribution in [2.75, 3.05) is 5.73 Å². The third-order valence-electron chi connectivity index (χ3n) is 3.56. The molecule has 128 valence electrons. The van der Waals surface area contributed by atoms with Gasteiger partial charge >= 0.3 is 0 Å². The number of halogens is 2. The number of nitrogens with zero attached hydrogens (tertiary/aromatic N) is 2. The highest BCUT2D eigenvalue weighted by Crippen LogP contribution is 2.21. The lowest BCUT2D eigenvalue weighted by atomic mass is 10.1. The second kappa shape index (κ2) is 7.31. The van der Waals surface area contributed by atoms with Gasteiger partial charge in [-0.2, -0.15) is 5.10 Å². The number of nitrogens with two attached hydrogens (primary N) is 1. The molecular weight excluding hydrogens is 345 g/mol. The highest BCUT2D eigenvalue weighted by molar-refractivity contribution is 6.31. The van der Waals surface area contributed by atoms with E-state index in [9.17, 15) is 9.18 Å². The normalized spacial score (nSPS) is 10.6. The number of H-pyrrole nitrogens is 1. The molecular formula is C17H15ClFN5O. The van der Waals surface area contributed by atoms with E-state index in [1.165, 1.54) is 12.1 Å². The SMILES string of the molecule is Nc1ccc(C(=O)NCc2nc(Cc3c(F)cccc3Cl)n[nH]2)cc1. The summed E-state index contributed by atoms with van der Waals surface area (Å²) in [5.74, 6) is 0.195. The van der Waals surface area contributed by atoms with Gasteiger partial charge < -0.3 is 11.1 Å². The van der Waals surface area contributed by atoms with Crippen molar-refractivity contribution in [2.45, 2.75) is 13.0 Å². The molecule has 0 atom stereocenters. The van der Waals surface area contributed by atoms with Crippen molar-refractivity contribution in [2.24, 2.45) is 0 Å². The Morgan fingerprint density at radius 2 is 2.00 bits per heavy atom. The summed E-state index contributed by atoms with van der Waals surface area (Å²) in [6, 6.07) is 11.1. The van der Waals surface area contributed by atoms with Crippen LogP contribution in [-0.4, -0.2) is 21.1 Å². The van der Waals surface area contributed by atoms with Crippen molar-refractivity contribution in [1.82, 2.24) is 20.5 Å². The number of aromatic amines is 1. The predicted molar refractivity (Wildman–Crippen MR) is 92.6 cm³/mol. The Hall–Kier alpha value is -2.93. The molecule has 3 rings (SSSR count). The van der Waals surface area contributed by atoms with Gasteiger partial charge in [0.05, 0.1) is 6.54 Å². The maximum atomic E-state index is 13.8. The molecule has 4 N–H and O–H groups in total. The molecule has 0 aliphatic rings. The fourth-order valence-corrected chi connectivity index (χ4v) is 2.48. The van der Waals surface area contributed by atoms with Crippen molar-refractivity contribution in [3.8, 4) is 0 Å². The molecule has 0 aliphatic heterocycles. The Morgan fingerprint density at radius 1 is 1.24 bits per heavy atom. The third-order valence-corrected chi connectivity index (χ3v) is 3.92. The number of amides is 1. The van der Waals surface area contributed by atoms with Crippen LogP contribution < -0.4 is 11.1 Å². The van der Waals surface area contributed by atoms with Gasteiger partial charge in [0.15, 0.2) is 5.82 Å². The number of nitrogen functional groups attached to an aromatic ring is 1. The van der Waals surface area contributed by atoms with Crippen LogP contribution in [0.25, 0.3) is 0 Å². The zero-order valence-electron chi connectivity index (χ0n) is 13.1. The smallest absolute Gasteiger partial charge is 0.251 e. The first-order chi connectivity index (χ1) is 12.0. The minimum Gasteiger partial charge on any atom is -0.399 e. The van der Waals surface area contributed by atoms with Gasteiger partial charge in [0.1, 0.15) is 11.6 Å². The number of benzene rings is 2. The zero-order chi connectivity index (χ0) is 17.8. The first kappa shape index (κ1) is 16.9. The van der Waals surface area contributed by atoms with Gasteiger partial charge in [-0.25, -0.2) is 9.37 Å². The van der Waals surface area contributed by atoms with Crippen LogP contribution in [-0.2, 0) is 13.0 Å². The third kappa shape index (κ3) is 4.13. The molecule has 2 aromatic carbocycles. The fourth-order valence-electron chi connectivity index (χ4n) is 2.25. The summed E-state index contributed by atoms with van der Waals surface area (Å²) in [6.07, 6.45) is 0.161. The van der Waals surface area contributed by atoms with Crippen molar-refractivity contribution >= 4 is 23.2 Å². The summed E-state index contributed by atoms with van der Waals surface area (Å²) in [5, 5.41) is 9.79. The molecule has 1 aromatic heterocycles. The fraction of sp³-hybridized carbons (Fsp3) is 0.118. The Balaban J connectivity index is 1.62. The molecule has 0 saturated heterocycles. The molecule has 3 aromatic rings. The van der Waals surface area contributed by atoms with Gasteiger partial charge in [-0.1, -0.05) is 17.7 Å². The van der Waals surface area contributed by atoms with E-state index < -0.39 is 5.82 Å². The first-order valence-corrected chi connectivity index (χ1v) is 7.87. The Labute approximate surface area is 148 Å². The van der Waals surface area contributed by atoms with Gasteiger partial charge in [0.25, 0.3) is 5.91 Å². The molecule has 8 heteroatoms. The molecule has 0 spiro atoms. The molecule has 0 unspecified atom stereocenters. The number of rotatable bonds is 5. The Kier molecular flexibility index (Phi) is 4.95. The van der Waals surface area contributed by atoms with Crippen molar-refractivity contribution in [1.29, 1.82) is 0 Å². The summed E-state index contributed by atoms with van der Waals surface area (Å²) in [7, 11) is 0. The minimum atomic E-state index is -0.407. The summed E-state index contributed by atoms with van der Waals surface area (Å²) in [5.41, 5.74) is 7.00. The second-order valence-corrected chi connectivity index (χ2v) is 5.79. The van der Waals surface area contributed by atoms with Crippen LogP contribution in [0.15, 0.2) is 42.5 Å². The molecule has 1 amide bonds. The lowest BCUT2D eigenvalue weighted by Crippen LogP contribution is -2.23. The highest BCUT2D eigenvalue weighted by Gasteiger charge is 2.12. The van der Waals surface area contributed by atoms with E-state index in [2.05, 4.69) is 20.5 Å². The van der Waals surface area contributed by atoms with Crippen LogP contribution in [0.3, 0.4) is 0 Å². The van der Waals surface area contributed by atoms with Crippen LogP contribution in [0.1, 0.15) is 27.6 Å². The molecule has 0 aliphatic carbocycles. The number of carbonyl (C=O) groups is 1. The standard InChI is InChI=1S/C17H15ClFN5O/c18-13-2-1-3-14(19)12(13)8-15-22-16(24-23-15)9-21-17(25)10-4-6-11(20)7-5-10/h1-7H,8-9,20H2,(H,21,25)(H,22,23,24). The largest absolute Gasteiger partial charge is 0.399 e. The van der Waals surface area contributed by atoms with Gasteiger partial charge in [0.2, 0.25) is 0 Å². The average molecular weight is 360 g/mol. The Morgan fingerprint density at radius 3 is 2.72 bits per heavy atom. The summed E-state index contributed by atoms with van der Waals surface area (Å²) < 4.78 is 13.8. The van der Waals surface area contributed by atoms with E-state index in [-0.39, 0.29) is 18.9 Å². The van der Waals surface area contributed by atoms with Crippen LogP contribution in [0.2, 0.25) is 5.02 Å². The van der Waals surface area contributed by atoms with E-state index in [0.29, 0.717) is 33.5 Å². The van der Waals surface area contributed by atoms with Gasteiger partial charge in [-0.3, -0.25) is 9.89 Å². The molecule has 0 fully saturated rings. The molecule has 25 heavy (non-hydrogen) atoms. The van der Waals surface area contributed by atoms with Crippen molar-refractivity contribution in [3.05, 3.63) is 76.1 Å². The first-order valence-electron chi connectivity index (χ1n) is 7.49. The Bertz CT molecular complexity index is 874. The van der Waals surface area contributed by atoms with E-state index in [1.54, 1.807) is 30.3 Å². The van der Waals surface area contributed by atoms with Gasteiger partial charge in [0, 0.05) is 28.3 Å². The summed E-state index contributed by atoms with van der Waals surface area (Å²) in [4.78, 5) is 16.3. The predicted octanol–water partition coefficient (Wildman–Crippen LogP) is 2.70. The summed E-state index contributed by atoms with van der Waals surface area (Å²) in [6.45, 7) is 0.168. The number of aromatic nitrogens is 3. The number of carbonyl (C=O) groups excluding carboxylic acids is 1. The van der Waals surface area contributed by atoms with E-state index in [0.717, 1.165) is 0 Å². The summed E-state index contributed by atoms with van der Waals surface area (Å²) >= 11 is 6.00. The molecule has 0 radical (unpaired) electrons. The van der Waals surface area contributed by atoms with E-state index >= 15 is 0 Å². The average Bonchev–Trinajstić information content (AvgIpc) is 3.04. The maximum absolute atomic E-state index is 13.8. The molecule has 1 heterocycles. The maximum Gasteiger partial charge on any atom is 0.251 e. The lowest BCUT2D eigenvalue weighted by Gasteiger charge is -2.03. The van der Waals surface area contributed by atoms with Crippen molar-refractivity contribution < 1.29 is 9.18 Å². The highest BCUT2D eigenvalue weighted by atomic mass is 35.5. The van der Waals surface area contributed by atoms with Crippen LogP contribution in [0.5, 0.6) is 0 Å². The second-order valence-electron chi connectivity index (χ2n) is 5.38. The molecule has 6 nitrogen and oxygen atoms in total. The number of hydrogen-bond donors (Lipinski definition) is 3. The number of anilines is 1. The van der Waals surface area contributed by atoms with E-state index in [4.69, 9.17) is 17.3 Å². The number of hydrogen-bond acceptors (Lipinski definition) is 4. The van der Waals surface area contributed by atoms with Gasteiger partial charge in [-0.15, -0.1) is 0 Å². The molecule has 0 bridgehead atoms. The zero-order valence-corrected chi connectivity index (χ0v) is 13.8. The van der Waals surface area contributed by atoms with E-state index in [1.807, 2.05) is 0 Å². The number of nitrogens with one attached hydrogen (secondary N) is 2.